The van der Waals surface area contributed by atoms with Crippen molar-refractivity contribution in [3.05, 3.63) is 94.5 Å². The van der Waals surface area contributed by atoms with Crippen LogP contribution in [-0.4, -0.2) is 39.2 Å². The number of aromatic nitrogens is 4. The molecule has 34 heavy (non-hydrogen) atoms. The zero-order chi connectivity index (χ0) is 23.9. The first-order chi connectivity index (χ1) is 16.6. The molecule has 0 bridgehead atoms. The third kappa shape index (κ3) is 5.12. The van der Waals surface area contributed by atoms with Gasteiger partial charge in [-0.05, 0) is 48.9 Å². The highest BCUT2D eigenvalue weighted by molar-refractivity contribution is 7.98. The number of nitrogens with one attached hydrogen (secondary N) is 1. The molecule has 2 heterocycles. The van der Waals surface area contributed by atoms with Crippen LogP contribution in [0.5, 0.6) is 5.75 Å². The lowest BCUT2D eigenvalue weighted by atomic mass is 10.2. The Kier molecular flexibility index (Phi) is 7.28. The molecule has 2 aromatic heterocycles. The van der Waals surface area contributed by atoms with Crippen LogP contribution in [0.15, 0.2) is 83.0 Å². The lowest BCUT2D eigenvalue weighted by molar-refractivity contribution is 0.0527. The molecular weight excluding hydrogens is 454 g/mol. The van der Waals surface area contributed by atoms with Crippen molar-refractivity contribution in [1.29, 1.82) is 0 Å². The molecule has 0 saturated heterocycles. The van der Waals surface area contributed by atoms with E-state index in [0.29, 0.717) is 22.2 Å². The van der Waals surface area contributed by atoms with Gasteiger partial charge in [-0.2, -0.15) is 4.68 Å². The van der Waals surface area contributed by atoms with Crippen LogP contribution in [0.2, 0.25) is 0 Å². The minimum absolute atomic E-state index is 0.0174. The van der Waals surface area contributed by atoms with Gasteiger partial charge in [0, 0.05) is 18.1 Å². The van der Waals surface area contributed by atoms with Crippen LogP contribution < -0.4 is 15.6 Å². The average molecular weight is 478 g/mol. The predicted molar refractivity (Wildman–Crippen MR) is 130 cm³/mol. The normalized spacial score (nSPS) is 10.6. The Morgan fingerprint density at radius 1 is 1.06 bits per heavy atom. The fourth-order valence-corrected chi connectivity index (χ4v) is 4.09. The number of esters is 1. The van der Waals surface area contributed by atoms with E-state index in [2.05, 4.69) is 15.5 Å². The van der Waals surface area contributed by atoms with Crippen molar-refractivity contribution in [2.75, 3.05) is 19.0 Å². The summed E-state index contributed by atoms with van der Waals surface area (Å²) < 4.78 is 13.5. The summed E-state index contributed by atoms with van der Waals surface area (Å²) in [5.41, 5.74) is 1.30. The minimum atomic E-state index is -0.491. The highest BCUT2D eigenvalue weighted by Crippen LogP contribution is 2.24. The monoisotopic (exact) mass is 477 g/mol. The van der Waals surface area contributed by atoms with Gasteiger partial charge in [-0.3, -0.25) is 9.47 Å². The number of hydrogen-bond donors (Lipinski definition) is 1. The minimum Gasteiger partial charge on any atom is -0.497 e. The second kappa shape index (κ2) is 10.7. The summed E-state index contributed by atoms with van der Waals surface area (Å²) in [5.74, 6) is 0.808. The van der Waals surface area contributed by atoms with Gasteiger partial charge in [0.1, 0.15) is 5.75 Å². The number of carbonyl (C=O) groups excluding carboxylic acids is 1. The first-order valence-electron chi connectivity index (χ1n) is 10.5. The van der Waals surface area contributed by atoms with Gasteiger partial charge >= 0.3 is 11.5 Å². The molecule has 10 heteroatoms. The Morgan fingerprint density at radius 2 is 1.85 bits per heavy atom. The quantitative estimate of drug-likeness (QED) is 0.286. The van der Waals surface area contributed by atoms with Crippen molar-refractivity contribution >= 4 is 29.2 Å². The highest BCUT2D eigenvalue weighted by Gasteiger charge is 2.18. The lowest BCUT2D eigenvalue weighted by Crippen LogP contribution is -2.30. The van der Waals surface area contributed by atoms with Crippen LogP contribution in [-0.2, 0) is 10.5 Å². The number of carbonyl (C=O) groups is 1. The van der Waals surface area contributed by atoms with Crippen molar-refractivity contribution < 1.29 is 14.3 Å². The number of benzene rings is 2. The second-order valence-electron chi connectivity index (χ2n) is 7.04. The van der Waals surface area contributed by atoms with E-state index in [-0.39, 0.29) is 12.4 Å². The van der Waals surface area contributed by atoms with Crippen molar-refractivity contribution in [2.45, 2.75) is 17.8 Å². The van der Waals surface area contributed by atoms with Gasteiger partial charge in [0.05, 0.1) is 25.0 Å². The molecule has 0 saturated carbocycles. The van der Waals surface area contributed by atoms with E-state index in [1.165, 1.54) is 16.4 Å². The molecule has 0 spiro atoms. The molecule has 9 nitrogen and oxygen atoms in total. The summed E-state index contributed by atoms with van der Waals surface area (Å²) in [6.07, 6.45) is 3.49. The van der Waals surface area contributed by atoms with Crippen LogP contribution in [0.3, 0.4) is 0 Å². The molecule has 174 valence electrons. The number of para-hydroxylation sites is 1. The Balaban J connectivity index is 1.67. The van der Waals surface area contributed by atoms with Gasteiger partial charge in [0.2, 0.25) is 11.0 Å². The molecule has 0 aliphatic heterocycles. The van der Waals surface area contributed by atoms with Gasteiger partial charge < -0.3 is 14.8 Å². The summed E-state index contributed by atoms with van der Waals surface area (Å²) in [4.78, 5) is 25.8. The SMILES string of the molecule is CCOC(=O)c1ccccc1Nc1nnc(SCc2cccc(OC)c2)n(-n2cccc2)c1=O. The molecule has 0 atom stereocenters. The van der Waals surface area contributed by atoms with Crippen LogP contribution in [0.1, 0.15) is 22.8 Å². The first kappa shape index (κ1) is 23.1. The Bertz CT molecular complexity index is 1340. The Hall–Kier alpha value is -4.05. The van der Waals surface area contributed by atoms with Gasteiger partial charge in [0.15, 0.2) is 0 Å². The highest BCUT2D eigenvalue weighted by atomic mass is 32.2. The molecule has 4 rings (SSSR count). The standard InChI is InChI=1S/C24H23N5O4S/c1-3-33-23(31)19-11-4-5-12-20(19)25-21-22(30)29(28-13-6-7-14-28)24(27-26-21)34-16-17-9-8-10-18(15-17)32-2/h4-15H,3,16H2,1-2H3,(H,25,26). The maximum absolute atomic E-state index is 13.4. The van der Waals surface area contributed by atoms with Crippen LogP contribution in [0, 0.1) is 0 Å². The summed E-state index contributed by atoms with van der Waals surface area (Å²) >= 11 is 1.37. The third-order valence-electron chi connectivity index (χ3n) is 4.81. The topological polar surface area (TPSA) is 100 Å². The van der Waals surface area contributed by atoms with E-state index in [1.807, 2.05) is 36.4 Å². The largest absolute Gasteiger partial charge is 0.497 e. The summed E-state index contributed by atoms with van der Waals surface area (Å²) in [7, 11) is 1.62. The van der Waals surface area contributed by atoms with Gasteiger partial charge in [-0.1, -0.05) is 36.0 Å². The Morgan fingerprint density at radius 3 is 2.62 bits per heavy atom. The summed E-state index contributed by atoms with van der Waals surface area (Å²) in [5, 5.41) is 11.8. The number of thioether (sulfide) groups is 1. The molecule has 0 unspecified atom stereocenters. The van der Waals surface area contributed by atoms with E-state index in [0.717, 1.165) is 11.3 Å². The molecule has 0 aliphatic carbocycles. The van der Waals surface area contributed by atoms with Gasteiger partial charge in [-0.25, -0.2) is 4.79 Å². The Labute approximate surface area is 200 Å². The molecule has 0 radical (unpaired) electrons. The van der Waals surface area contributed by atoms with Crippen LogP contribution >= 0.6 is 11.8 Å². The zero-order valence-corrected chi connectivity index (χ0v) is 19.5. The van der Waals surface area contributed by atoms with Crippen LogP contribution in [0.4, 0.5) is 11.5 Å². The number of anilines is 2. The van der Waals surface area contributed by atoms with Crippen molar-refractivity contribution in [2.24, 2.45) is 0 Å². The van der Waals surface area contributed by atoms with Crippen LogP contribution in [0.25, 0.3) is 0 Å². The fourth-order valence-electron chi connectivity index (χ4n) is 3.21. The molecule has 0 amide bonds. The van der Waals surface area contributed by atoms with Gasteiger partial charge in [-0.15, -0.1) is 10.2 Å². The van der Waals surface area contributed by atoms with Gasteiger partial charge in [0.25, 0.3) is 0 Å². The first-order valence-corrected chi connectivity index (χ1v) is 11.5. The van der Waals surface area contributed by atoms with Crippen molar-refractivity contribution in [1.82, 2.24) is 19.5 Å². The van der Waals surface area contributed by atoms with E-state index < -0.39 is 11.5 Å². The van der Waals surface area contributed by atoms with E-state index in [1.54, 1.807) is 55.4 Å². The smallest absolute Gasteiger partial charge is 0.340 e. The van der Waals surface area contributed by atoms with E-state index >= 15 is 0 Å². The zero-order valence-electron chi connectivity index (χ0n) is 18.7. The molecule has 0 fully saturated rings. The molecular formula is C24H23N5O4S. The summed E-state index contributed by atoms with van der Waals surface area (Å²) in [6.45, 7) is 1.98. The van der Waals surface area contributed by atoms with E-state index in [4.69, 9.17) is 9.47 Å². The maximum Gasteiger partial charge on any atom is 0.340 e. The van der Waals surface area contributed by atoms with Crippen molar-refractivity contribution in [3.8, 4) is 5.75 Å². The molecule has 0 aliphatic rings. The fraction of sp³-hybridized carbons (Fsp3) is 0.167. The second-order valence-corrected chi connectivity index (χ2v) is 7.98. The lowest BCUT2D eigenvalue weighted by Gasteiger charge is -2.15. The number of methoxy groups -OCH3 is 1. The molecule has 4 aromatic rings. The third-order valence-corrected chi connectivity index (χ3v) is 5.80. The number of rotatable bonds is 9. The average Bonchev–Trinajstić information content (AvgIpc) is 3.39. The maximum atomic E-state index is 13.4. The van der Waals surface area contributed by atoms with Crippen molar-refractivity contribution in [3.63, 3.8) is 0 Å². The van der Waals surface area contributed by atoms with E-state index in [9.17, 15) is 9.59 Å². The molecule has 1 N–H and O–H groups in total. The number of ether oxygens (including phenoxy) is 2. The number of nitrogens with zero attached hydrogens (tertiary/aromatic N) is 4. The number of hydrogen-bond acceptors (Lipinski definition) is 8. The molecule has 2 aromatic carbocycles. The summed E-state index contributed by atoms with van der Waals surface area (Å²) in [6, 6.07) is 18.1. The predicted octanol–water partition coefficient (Wildman–Crippen LogP) is 3.97.